The number of rotatable bonds is 61. The van der Waals surface area contributed by atoms with Crippen LogP contribution in [0.4, 0.5) is 19.1 Å². The van der Waals surface area contributed by atoms with Crippen molar-refractivity contribution in [1.82, 2.24) is 35.8 Å². The fraction of sp³-hybridized carbons (Fsp3) is 0.637. The fourth-order valence-electron chi connectivity index (χ4n) is 12.6. The predicted octanol–water partition coefficient (Wildman–Crippen LogP) is 1.71. The number of fused-ring (bicyclic) bond motifs is 2. The van der Waals surface area contributed by atoms with Crippen LogP contribution in [0.15, 0.2) is 79.1 Å². The molecular formula is C80H116F3N9O26. The van der Waals surface area contributed by atoms with Crippen LogP contribution in [-0.2, 0) is 115 Å². The molecule has 3 aliphatic heterocycles. The van der Waals surface area contributed by atoms with E-state index >= 15 is 0 Å². The molecule has 658 valence electrons. The van der Waals surface area contributed by atoms with Crippen LogP contribution in [0.2, 0.25) is 0 Å². The number of ether oxygens (including phenoxy) is 16. The molecule has 0 radical (unpaired) electrons. The molecule has 12 N–H and O–H groups in total. The predicted molar refractivity (Wildman–Crippen MR) is 418 cm³/mol. The molecule has 118 heavy (non-hydrogen) atoms. The Morgan fingerprint density at radius 2 is 1.20 bits per heavy atom. The largest absolute Gasteiger partial charge is 0.491 e. The maximum absolute atomic E-state index is 13.1. The number of aliphatic hydroxyl groups is 4. The molecule has 0 spiro atoms. The van der Waals surface area contributed by atoms with E-state index in [1.807, 2.05) is 35.0 Å². The molecular weight excluding hydrogens is 1560 g/mol. The van der Waals surface area contributed by atoms with E-state index in [0.717, 1.165) is 45.1 Å². The molecule has 5 heterocycles. The lowest BCUT2D eigenvalue weighted by atomic mass is 9.81. The van der Waals surface area contributed by atoms with Crippen LogP contribution in [0.3, 0.4) is 0 Å². The van der Waals surface area contributed by atoms with Crippen molar-refractivity contribution in [2.45, 2.75) is 112 Å². The average molecular weight is 1680 g/mol. The Hall–Kier alpha value is -7.62. The van der Waals surface area contributed by atoms with Crippen molar-refractivity contribution in [3.8, 4) is 16.9 Å². The number of benzene rings is 3. The van der Waals surface area contributed by atoms with E-state index in [-0.39, 0.29) is 206 Å². The Morgan fingerprint density at radius 1 is 0.619 bits per heavy atom. The summed E-state index contributed by atoms with van der Waals surface area (Å²) in [6.45, 7) is 10.1. The second-order valence-electron chi connectivity index (χ2n) is 28.7. The minimum Gasteiger partial charge on any atom is -0.491 e. The van der Waals surface area contributed by atoms with Crippen molar-refractivity contribution in [2.75, 3.05) is 223 Å². The number of hydrogen-bond acceptors (Lipinski definition) is 30. The molecule has 38 heteroatoms. The maximum Gasteiger partial charge on any atom is 0.433 e. The minimum atomic E-state index is -4.69. The van der Waals surface area contributed by atoms with E-state index in [9.17, 15) is 62.7 Å². The third kappa shape index (κ3) is 34.5. The number of alkyl halides is 3. The second kappa shape index (κ2) is 52.5. The number of aliphatic hydroxyl groups excluding tert-OH is 4. The van der Waals surface area contributed by atoms with E-state index in [1.54, 1.807) is 12.1 Å². The van der Waals surface area contributed by atoms with Gasteiger partial charge in [-0.3, -0.25) is 19.2 Å². The summed E-state index contributed by atoms with van der Waals surface area (Å²) in [6, 6.07) is 18.5. The first-order valence-electron chi connectivity index (χ1n) is 39.7. The number of hydrogen-bond donors (Lipinski definition) is 11. The van der Waals surface area contributed by atoms with Crippen molar-refractivity contribution in [2.24, 2.45) is 5.73 Å². The second-order valence-corrected chi connectivity index (χ2v) is 28.7. The van der Waals surface area contributed by atoms with Crippen LogP contribution in [0, 0.1) is 0 Å². The molecule has 5 aromatic rings. The normalized spacial score (nSPS) is 19.1. The minimum absolute atomic E-state index is 0.00191. The van der Waals surface area contributed by atoms with Gasteiger partial charge in [-0.2, -0.15) is 13.2 Å². The topological polar surface area (TPSA) is 451 Å². The lowest BCUT2D eigenvalue weighted by molar-refractivity contribution is -0.161. The van der Waals surface area contributed by atoms with Gasteiger partial charge in [0, 0.05) is 74.4 Å². The Kier molecular flexibility index (Phi) is 42.7. The number of aromatic carboxylic acids is 1. The Labute approximate surface area is 683 Å². The van der Waals surface area contributed by atoms with Crippen molar-refractivity contribution < 1.29 is 138 Å². The summed E-state index contributed by atoms with van der Waals surface area (Å²) in [5.74, 6) is -1.81. The van der Waals surface area contributed by atoms with Gasteiger partial charge in [0.25, 0.3) is 0 Å². The van der Waals surface area contributed by atoms with Crippen LogP contribution in [0.1, 0.15) is 71.9 Å². The molecule has 0 bridgehead atoms. The molecule has 1 unspecified atom stereocenters. The number of halogens is 3. The number of nitrogens with zero attached hydrogens (tertiary/aromatic N) is 3. The van der Waals surface area contributed by atoms with E-state index in [4.69, 9.17) is 81.5 Å². The number of para-hydroxylation sites is 1. The zero-order valence-electron chi connectivity index (χ0n) is 66.9. The summed E-state index contributed by atoms with van der Waals surface area (Å²) in [6.07, 6.45) is -6.93. The average Bonchev–Trinajstić information content (AvgIpc) is 1.57. The number of amides is 3. The smallest absolute Gasteiger partial charge is 0.433 e. The molecule has 0 saturated carbocycles. The fourth-order valence-corrected chi connectivity index (χ4v) is 12.6. The Morgan fingerprint density at radius 3 is 1.81 bits per heavy atom. The van der Waals surface area contributed by atoms with E-state index in [2.05, 4.69) is 74.7 Å². The van der Waals surface area contributed by atoms with Crippen LogP contribution < -0.4 is 37.1 Å². The molecule has 0 aliphatic carbocycles. The molecule has 8 rings (SSSR count). The number of aromatic nitrogens is 3. The summed E-state index contributed by atoms with van der Waals surface area (Å²) >= 11 is 0. The van der Waals surface area contributed by atoms with Gasteiger partial charge in [0.05, 0.1) is 207 Å². The highest BCUT2D eigenvalue weighted by Gasteiger charge is 2.40. The van der Waals surface area contributed by atoms with Gasteiger partial charge in [-0.05, 0) is 65.4 Å². The first-order valence-corrected chi connectivity index (χ1v) is 39.7. The summed E-state index contributed by atoms with van der Waals surface area (Å²) < 4.78 is 130. The molecule has 3 amide bonds. The molecule has 2 aromatic heterocycles. The number of Topliss-reactive ketones (excluding diaryl/α,β-unsaturated/α-hetero) is 1. The van der Waals surface area contributed by atoms with Gasteiger partial charge in [-0.25, -0.2) is 14.8 Å². The quantitative estimate of drug-likeness (QED) is 0.0247. The lowest BCUT2D eigenvalue weighted by Crippen LogP contribution is -2.57. The molecule has 3 aliphatic rings. The van der Waals surface area contributed by atoms with E-state index in [1.165, 1.54) is 0 Å². The summed E-state index contributed by atoms with van der Waals surface area (Å²) in [5.41, 5.74) is 10.7. The van der Waals surface area contributed by atoms with Crippen molar-refractivity contribution in [1.29, 1.82) is 0 Å². The number of carboxylic acid groups (broad SMARTS) is 1. The van der Waals surface area contributed by atoms with Gasteiger partial charge in [-0.15, -0.1) is 0 Å². The van der Waals surface area contributed by atoms with Crippen molar-refractivity contribution >= 4 is 46.3 Å². The highest BCUT2D eigenvalue weighted by Crippen LogP contribution is 2.37. The highest BCUT2D eigenvalue weighted by molar-refractivity contribution is 6.02. The van der Waals surface area contributed by atoms with Gasteiger partial charge in [0.2, 0.25) is 23.7 Å². The number of aryl methyl sites for hydroxylation is 2. The van der Waals surface area contributed by atoms with Gasteiger partial charge < -0.3 is 138 Å². The lowest BCUT2D eigenvalue weighted by Gasteiger charge is -2.37. The summed E-state index contributed by atoms with van der Waals surface area (Å²) in [5, 5.41) is 65.9. The molecule has 2 saturated heterocycles. The number of ketones is 1. The number of carbonyl (C=O) groups is 5. The van der Waals surface area contributed by atoms with Gasteiger partial charge in [0.1, 0.15) is 61.8 Å². The third-order valence-electron chi connectivity index (χ3n) is 19.0. The number of nitrogens with one attached hydrogen (secondary N) is 5. The zero-order chi connectivity index (χ0) is 84.3. The van der Waals surface area contributed by atoms with Crippen LogP contribution in [-0.4, -0.2) is 336 Å². The van der Waals surface area contributed by atoms with Crippen molar-refractivity contribution in [3.63, 3.8) is 0 Å². The SMILES string of the molecule is CC(C)(CNCC(=O)COCCOCCOCC(=O)NC(COCCC(=O)NCCOCCOCCOCCOC[C@H]1OC[C@H](Nc2nccc(C(F)(F)F)n2)[C@@H](O)[C@H]1O)COCCC(=O)NCCOCCOCCOCCOC[C@H]1OCC[C@@H](O)[C@H]1O)c1cc(CCn2ccc3cccc(C(=O)O)c32)cc(-c2ccc3c(c2)[C@H](N)CO3)c1. The first kappa shape index (κ1) is 95.8. The monoisotopic (exact) mass is 1680 g/mol. The van der Waals surface area contributed by atoms with E-state index < -0.39 is 77.9 Å². The molecule has 9 atom stereocenters. The summed E-state index contributed by atoms with van der Waals surface area (Å²) in [4.78, 5) is 70.7. The molecule has 3 aromatic carbocycles. The van der Waals surface area contributed by atoms with Crippen LogP contribution >= 0.6 is 0 Å². The number of anilines is 1. The van der Waals surface area contributed by atoms with Crippen molar-refractivity contribution in [3.05, 3.63) is 107 Å². The highest BCUT2D eigenvalue weighted by atomic mass is 19.4. The van der Waals surface area contributed by atoms with Crippen LogP contribution in [0.5, 0.6) is 5.75 Å². The zero-order valence-corrected chi connectivity index (χ0v) is 66.9. The molecule has 2 fully saturated rings. The maximum atomic E-state index is 13.1. The third-order valence-corrected chi connectivity index (χ3v) is 19.0. The Bertz CT molecular complexity index is 3800. The molecule has 35 nitrogen and oxygen atoms in total. The summed E-state index contributed by atoms with van der Waals surface area (Å²) in [7, 11) is 0. The standard InChI is InChI=1S/C80H116F3N9O26/c1-79(2,58-41-54(9-17-92-18-10-55-4-3-5-61(73(55)92)77(101)102)40-57(42-58)56-6-7-66-62(43-56)63(84)48-117-66)53-85-44-60(93)47-112-36-32-109-35-39-115-52-72(97)89-59(45-110-19-12-70(95)86-15-22-103-24-26-105-28-30-107-33-37-113-50-67-75(99)65(94)11-21-116-67)46-111-20-13-71(96)87-16-23-104-25-27-106-29-31-108-34-38-114-51-68-76(100)74(98)64(49-118-68)90-78-88-14-8-69(91-78)80(81,82)83/h3-8,10,14,18,40-43,59,63-65,67-68,74-76,85,94,98-100H,9,11-13,15-17,19-39,44-53,84H2,1-2H3,(H,86,95)(H,87,96)(H,89,97)(H,101,102)(H,88,90,91)/t59?,63-,64+,65-,67-,68-,74-,75-,76+/m1/s1. The van der Waals surface area contributed by atoms with Gasteiger partial charge in [0.15, 0.2) is 5.78 Å². The van der Waals surface area contributed by atoms with E-state index in [0.29, 0.717) is 90.4 Å². The number of nitrogens with two attached hydrogens (primary N) is 1. The van der Waals surface area contributed by atoms with Gasteiger partial charge in [-0.1, -0.05) is 50.2 Å². The Balaban J connectivity index is 0.657. The first-order chi connectivity index (χ1) is 57.0. The number of carboxylic acids is 1. The number of carbonyl (C=O) groups excluding carboxylic acids is 4. The van der Waals surface area contributed by atoms with Gasteiger partial charge >= 0.3 is 12.1 Å². The van der Waals surface area contributed by atoms with Crippen LogP contribution in [0.25, 0.3) is 22.0 Å².